The molecule has 0 atom stereocenters. The smallest absolute Gasteiger partial charge is 0.153 e. The van der Waals surface area contributed by atoms with E-state index in [0.29, 0.717) is 18.3 Å². The number of H-pyrrole nitrogens is 1. The van der Waals surface area contributed by atoms with Crippen LogP contribution < -0.4 is 0 Å². The van der Waals surface area contributed by atoms with Gasteiger partial charge in [0.1, 0.15) is 11.5 Å². The quantitative estimate of drug-likeness (QED) is 0.299. The number of unbranched alkanes of at least 4 members (excludes halogenated alkanes) is 1. The van der Waals surface area contributed by atoms with E-state index in [0.717, 1.165) is 53.2 Å². The molecule has 0 spiro atoms. The Morgan fingerprint density at radius 2 is 1.82 bits per heavy atom. The van der Waals surface area contributed by atoms with Crippen LogP contribution in [0, 0.1) is 0 Å². The predicted octanol–water partition coefficient (Wildman–Crippen LogP) is 6.30. The number of hydrogen-bond donors (Lipinski definition) is 1. The van der Waals surface area contributed by atoms with Gasteiger partial charge in [-0.25, -0.2) is 4.98 Å². The second kappa shape index (κ2) is 10.8. The first-order chi connectivity index (χ1) is 16.1. The molecule has 0 aliphatic heterocycles. The molecule has 0 unspecified atom stereocenters. The van der Waals surface area contributed by atoms with Crippen LogP contribution in [0.15, 0.2) is 54.7 Å². The lowest BCUT2D eigenvalue weighted by molar-refractivity contribution is 0.0618. The molecule has 4 aromatic rings. The lowest BCUT2D eigenvalue weighted by Gasteiger charge is -2.15. The normalized spacial score (nSPS) is 11.4. The van der Waals surface area contributed by atoms with Gasteiger partial charge in [0, 0.05) is 18.5 Å². The van der Waals surface area contributed by atoms with Crippen molar-refractivity contribution in [3.8, 4) is 22.4 Å². The summed E-state index contributed by atoms with van der Waals surface area (Å²) in [6.45, 7) is 7.41. The van der Waals surface area contributed by atoms with Crippen molar-refractivity contribution in [2.24, 2.45) is 0 Å². The number of aryl methyl sites for hydroxylation is 1. The van der Waals surface area contributed by atoms with Crippen molar-refractivity contribution in [1.82, 2.24) is 25.0 Å². The summed E-state index contributed by atoms with van der Waals surface area (Å²) in [4.78, 5) is 4.66. The molecule has 0 fully saturated rings. The Balaban J connectivity index is 1.61. The van der Waals surface area contributed by atoms with Gasteiger partial charge in [-0.15, -0.1) is 0 Å². The molecular weight excluding hydrogens is 434 g/mol. The van der Waals surface area contributed by atoms with Crippen LogP contribution in [0.1, 0.15) is 50.7 Å². The van der Waals surface area contributed by atoms with E-state index < -0.39 is 0 Å². The average molecular weight is 464 g/mol. The van der Waals surface area contributed by atoms with Gasteiger partial charge >= 0.3 is 0 Å². The Labute approximate surface area is 200 Å². The molecule has 2 aromatic carbocycles. The lowest BCUT2D eigenvalue weighted by atomic mass is 9.97. The van der Waals surface area contributed by atoms with Gasteiger partial charge in [-0.3, -0.25) is 0 Å². The van der Waals surface area contributed by atoms with E-state index in [4.69, 9.17) is 16.3 Å². The minimum absolute atomic E-state index is 0.132. The van der Waals surface area contributed by atoms with Crippen molar-refractivity contribution < 1.29 is 4.74 Å². The molecule has 0 amide bonds. The van der Waals surface area contributed by atoms with Gasteiger partial charge in [0.25, 0.3) is 0 Å². The number of benzene rings is 2. The average Bonchev–Trinajstić information content (AvgIpc) is 3.45. The molecule has 7 heteroatoms. The summed E-state index contributed by atoms with van der Waals surface area (Å²) < 4.78 is 8.09. The third-order valence-corrected chi connectivity index (χ3v) is 5.94. The highest BCUT2D eigenvalue weighted by atomic mass is 35.5. The predicted molar refractivity (Wildman–Crippen MR) is 132 cm³/mol. The molecule has 2 heterocycles. The summed E-state index contributed by atoms with van der Waals surface area (Å²) >= 11 is 6.52. The summed E-state index contributed by atoms with van der Waals surface area (Å²) in [6.07, 6.45) is 4.97. The van der Waals surface area contributed by atoms with Crippen LogP contribution in [0.3, 0.4) is 0 Å². The number of nitrogens with zero attached hydrogens (tertiary/aromatic N) is 4. The van der Waals surface area contributed by atoms with Crippen LogP contribution in [-0.4, -0.2) is 31.1 Å². The number of hydrogen-bond acceptors (Lipinski definition) is 4. The summed E-state index contributed by atoms with van der Waals surface area (Å²) in [6, 6.07) is 16.9. The van der Waals surface area contributed by atoms with Crippen molar-refractivity contribution in [1.29, 1.82) is 0 Å². The van der Waals surface area contributed by atoms with Crippen LogP contribution in [0.2, 0.25) is 5.15 Å². The maximum Gasteiger partial charge on any atom is 0.153 e. The third-order valence-electron chi connectivity index (χ3n) is 5.63. The van der Waals surface area contributed by atoms with Crippen molar-refractivity contribution in [2.45, 2.75) is 59.3 Å². The minimum atomic E-state index is 0.132. The molecule has 0 aliphatic rings. The highest BCUT2D eigenvalue weighted by Crippen LogP contribution is 2.31. The van der Waals surface area contributed by atoms with Crippen LogP contribution >= 0.6 is 11.6 Å². The molecule has 0 radical (unpaired) electrons. The minimum Gasteiger partial charge on any atom is -0.372 e. The Morgan fingerprint density at radius 3 is 2.48 bits per heavy atom. The zero-order valence-corrected chi connectivity index (χ0v) is 20.1. The van der Waals surface area contributed by atoms with E-state index in [1.54, 1.807) is 6.20 Å². The number of aromatic amines is 1. The van der Waals surface area contributed by atoms with E-state index in [1.807, 2.05) is 26.0 Å². The van der Waals surface area contributed by atoms with Gasteiger partial charge < -0.3 is 9.30 Å². The van der Waals surface area contributed by atoms with E-state index in [9.17, 15) is 0 Å². The first kappa shape index (κ1) is 23.2. The molecule has 0 saturated heterocycles. The second-order valence-corrected chi connectivity index (χ2v) is 8.77. The van der Waals surface area contributed by atoms with E-state index >= 15 is 0 Å². The van der Waals surface area contributed by atoms with Crippen molar-refractivity contribution >= 4 is 11.6 Å². The molecule has 4 rings (SSSR count). The first-order valence-electron chi connectivity index (χ1n) is 11.5. The number of ether oxygens (including phenoxy) is 1. The van der Waals surface area contributed by atoms with E-state index in [1.165, 1.54) is 5.56 Å². The topological polar surface area (TPSA) is 68.6 Å². The summed E-state index contributed by atoms with van der Waals surface area (Å²) in [5.74, 6) is 1.02. The maximum atomic E-state index is 6.52. The van der Waals surface area contributed by atoms with Gasteiger partial charge in [-0.05, 0) is 37.0 Å². The van der Waals surface area contributed by atoms with Gasteiger partial charge in [0.15, 0.2) is 5.15 Å². The fraction of sp³-hybridized carbons (Fsp3) is 0.346. The van der Waals surface area contributed by atoms with Crippen LogP contribution in [0.5, 0.6) is 0 Å². The van der Waals surface area contributed by atoms with Crippen molar-refractivity contribution in [2.75, 3.05) is 0 Å². The number of rotatable bonds is 10. The van der Waals surface area contributed by atoms with Gasteiger partial charge in [0.2, 0.25) is 0 Å². The largest absolute Gasteiger partial charge is 0.372 e. The first-order valence-corrected chi connectivity index (χ1v) is 11.8. The molecular formula is C26H30ClN5O. The molecule has 1 N–H and O–H groups in total. The molecule has 2 aromatic heterocycles. The van der Waals surface area contributed by atoms with E-state index in [-0.39, 0.29) is 6.10 Å². The van der Waals surface area contributed by atoms with Crippen molar-refractivity contribution in [3.05, 3.63) is 77.0 Å². The molecule has 33 heavy (non-hydrogen) atoms. The second-order valence-electron chi connectivity index (χ2n) is 8.41. The molecule has 0 saturated carbocycles. The third kappa shape index (κ3) is 5.52. The number of nitrogens with one attached hydrogen (secondary N) is 1. The molecule has 172 valence electrons. The number of aromatic nitrogens is 5. The zero-order chi connectivity index (χ0) is 23.2. The van der Waals surface area contributed by atoms with E-state index in [2.05, 4.69) is 68.3 Å². The van der Waals surface area contributed by atoms with Crippen LogP contribution in [-0.2, 0) is 24.3 Å². The fourth-order valence-corrected chi connectivity index (χ4v) is 4.12. The zero-order valence-electron chi connectivity index (χ0n) is 19.4. The summed E-state index contributed by atoms with van der Waals surface area (Å²) in [7, 11) is 0. The Bertz CT molecular complexity index is 1170. The fourth-order valence-electron chi connectivity index (χ4n) is 3.86. The molecule has 6 nitrogen and oxygen atoms in total. The van der Waals surface area contributed by atoms with Crippen LogP contribution in [0.4, 0.5) is 0 Å². The Hall–Kier alpha value is -2.96. The van der Waals surface area contributed by atoms with Crippen LogP contribution in [0.25, 0.3) is 22.4 Å². The number of imidazole rings is 1. The maximum absolute atomic E-state index is 6.52. The highest BCUT2D eigenvalue weighted by Gasteiger charge is 2.17. The summed E-state index contributed by atoms with van der Waals surface area (Å²) in [5.41, 5.74) is 6.27. The monoisotopic (exact) mass is 463 g/mol. The molecule has 0 bridgehead atoms. The number of halogens is 1. The van der Waals surface area contributed by atoms with Crippen molar-refractivity contribution in [3.63, 3.8) is 0 Å². The lowest BCUT2D eigenvalue weighted by Crippen LogP contribution is -2.12. The molecule has 0 aliphatic carbocycles. The van der Waals surface area contributed by atoms with Gasteiger partial charge in [0.05, 0.1) is 24.6 Å². The van der Waals surface area contributed by atoms with Gasteiger partial charge in [-0.2, -0.15) is 15.4 Å². The standard InChI is InChI=1S/C26H30ClN5O/c1-4-5-10-25-29-26(27)24(17-33-18(2)3)32(25)16-19-11-13-20(14-12-19)21-8-6-7-9-22(21)23-15-28-31-30-23/h6-9,11-15,18H,4-5,10,16-17H2,1-3H3,(H,28,30,31). The SMILES string of the molecule is CCCCc1nc(Cl)c(COC(C)C)n1Cc1ccc(-c2ccccc2-c2cn[nH]n2)cc1. The Kier molecular flexibility index (Phi) is 7.57. The Morgan fingerprint density at radius 1 is 1.06 bits per heavy atom. The van der Waals surface area contributed by atoms with Gasteiger partial charge in [-0.1, -0.05) is 73.5 Å². The highest BCUT2D eigenvalue weighted by molar-refractivity contribution is 6.30. The summed E-state index contributed by atoms with van der Waals surface area (Å²) in [5, 5.41) is 11.4.